The maximum Gasteiger partial charge on any atom is 0.250 e. The average molecular weight is 264 g/mol. The molecule has 1 aromatic carbocycles. The van der Waals surface area contributed by atoms with Gasteiger partial charge in [0, 0.05) is 24.0 Å². The molecule has 1 amide bonds. The van der Waals surface area contributed by atoms with Crippen molar-refractivity contribution in [1.82, 2.24) is 4.90 Å². The number of anilines is 2. The highest BCUT2D eigenvalue weighted by Crippen LogP contribution is 2.19. The lowest BCUT2D eigenvalue weighted by molar-refractivity contribution is 0.100. The fraction of sp³-hybridized carbons (Fsp3) is 0.500. The third-order valence-corrected chi connectivity index (χ3v) is 3.14. The van der Waals surface area contributed by atoms with Gasteiger partial charge in [0.05, 0.1) is 5.56 Å². The molecule has 0 radical (unpaired) electrons. The van der Waals surface area contributed by atoms with E-state index in [1.807, 2.05) is 0 Å². The molecule has 0 aromatic heterocycles. The van der Waals surface area contributed by atoms with Crippen LogP contribution < -0.4 is 16.8 Å². The van der Waals surface area contributed by atoms with Gasteiger partial charge in [-0.3, -0.25) is 4.79 Å². The van der Waals surface area contributed by atoms with E-state index in [2.05, 4.69) is 31.0 Å². The topological polar surface area (TPSA) is 84.4 Å². The van der Waals surface area contributed by atoms with Crippen molar-refractivity contribution in [3.8, 4) is 0 Å². The summed E-state index contributed by atoms with van der Waals surface area (Å²) in [6.07, 6.45) is 0. The van der Waals surface area contributed by atoms with Crippen molar-refractivity contribution in [2.45, 2.75) is 26.8 Å². The number of benzene rings is 1. The number of primary amides is 1. The predicted molar refractivity (Wildman–Crippen MR) is 80.2 cm³/mol. The third kappa shape index (κ3) is 4.44. The fourth-order valence-corrected chi connectivity index (χ4v) is 2.08. The molecule has 5 N–H and O–H groups in total. The highest BCUT2D eigenvalue weighted by atomic mass is 16.1. The Morgan fingerprint density at radius 1 is 1.37 bits per heavy atom. The highest BCUT2D eigenvalue weighted by molar-refractivity contribution is 5.99. The Balaban J connectivity index is 2.80. The van der Waals surface area contributed by atoms with Gasteiger partial charge in [-0.15, -0.1) is 0 Å². The summed E-state index contributed by atoms with van der Waals surface area (Å²) in [5.74, 6) is -0.447. The summed E-state index contributed by atoms with van der Waals surface area (Å²) in [5.41, 5.74) is 12.9. The smallest absolute Gasteiger partial charge is 0.250 e. The Kier molecular flexibility index (Phi) is 5.63. The molecule has 1 rings (SSSR count). The van der Waals surface area contributed by atoms with Crippen LogP contribution in [0.4, 0.5) is 11.4 Å². The van der Waals surface area contributed by atoms with Gasteiger partial charge in [0.15, 0.2) is 0 Å². The highest BCUT2D eigenvalue weighted by Gasteiger charge is 2.12. The van der Waals surface area contributed by atoms with E-state index in [0.717, 1.165) is 19.6 Å². The van der Waals surface area contributed by atoms with Gasteiger partial charge in [0.2, 0.25) is 0 Å². The van der Waals surface area contributed by atoms with E-state index < -0.39 is 5.91 Å². The number of rotatable bonds is 7. The van der Waals surface area contributed by atoms with E-state index in [-0.39, 0.29) is 6.04 Å². The summed E-state index contributed by atoms with van der Waals surface area (Å²) in [7, 11) is 0. The Hall–Kier alpha value is -1.75. The minimum Gasteiger partial charge on any atom is -0.399 e. The Morgan fingerprint density at radius 2 is 2.00 bits per heavy atom. The van der Waals surface area contributed by atoms with Gasteiger partial charge >= 0.3 is 0 Å². The van der Waals surface area contributed by atoms with E-state index >= 15 is 0 Å². The average Bonchev–Trinajstić information content (AvgIpc) is 2.35. The summed E-state index contributed by atoms with van der Waals surface area (Å²) in [5, 5.41) is 3.31. The first-order chi connectivity index (χ1) is 8.97. The van der Waals surface area contributed by atoms with Crippen LogP contribution in [0, 0.1) is 0 Å². The summed E-state index contributed by atoms with van der Waals surface area (Å²) < 4.78 is 0. The molecule has 1 atom stereocenters. The lowest BCUT2D eigenvalue weighted by atomic mass is 10.1. The predicted octanol–water partition coefficient (Wildman–Crippen LogP) is 1.51. The number of likely N-dealkylation sites (N-methyl/N-ethyl adjacent to an activating group) is 1. The quantitative estimate of drug-likeness (QED) is 0.652. The van der Waals surface area contributed by atoms with E-state index in [0.29, 0.717) is 16.9 Å². The van der Waals surface area contributed by atoms with Crippen molar-refractivity contribution in [2.75, 3.05) is 30.7 Å². The largest absolute Gasteiger partial charge is 0.399 e. The van der Waals surface area contributed by atoms with Gasteiger partial charge in [-0.1, -0.05) is 13.8 Å². The summed E-state index contributed by atoms with van der Waals surface area (Å²) in [6, 6.07) is 5.29. The number of carbonyl (C=O) groups excluding carboxylic acids is 1. The van der Waals surface area contributed by atoms with Crippen molar-refractivity contribution in [1.29, 1.82) is 0 Å². The van der Waals surface area contributed by atoms with Gasteiger partial charge in [-0.2, -0.15) is 0 Å². The molecule has 0 saturated heterocycles. The number of nitrogen functional groups attached to an aromatic ring is 1. The fourth-order valence-electron chi connectivity index (χ4n) is 2.08. The number of nitrogens with two attached hydrogens (primary N) is 2. The second-order valence-electron chi connectivity index (χ2n) is 4.70. The van der Waals surface area contributed by atoms with Crippen LogP contribution in [0.3, 0.4) is 0 Å². The second kappa shape index (κ2) is 6.99. The van der Waals surface area contributed by atoms with Crippen molar-refractivity contribution >= 4 is 17.3 Å². The molecule has 1 aromatic rings. The molecule has 0 spiro atoms. The Labute approximate surface area is 115 Å². The van der Waals surface area contributed by atoms with Crippen molar-refractivity contribution < 1.29 is 4.79 Å². The first kappa shape index (κ1) is 15.3. The van der Waals surface area contributed by atoms with Gasteiger partial charge in [-0.25, -0.2) is 0 Å². The lowest BCUT2D eigenvalue weighted by Crippen LogP contribution is -2.35. The first-order valence-corrected chi connectivity index (χ1v) is 6.66. The number of amides is 1. The first-order valence-electron chi connectivity index (χ1n) is 6.66. The second-order valence-corrected chi connectivity index (χ2v) is 4.70. The molecular formula is C14H24N4O. The van der Waals surface area contributed by atoms with Gasteiger partial charge in [0.25, 0.3) is 5.91 Å². The van der Waals surface area contributed by atoms with E-state index in [1.54, 1.807) is 18.2 Å². The maximum atomic E-state index is 11.4. The molecule has 0 saturated carbocycles. The zero-order chi connectivity index (χ0) is 14.4. The minimum atomic E-state index is -0.447. The standard InChI is InChI=1S/C14H24N4O/c1-4-18(5-2)9-10(3)17-13-8-11(15)6-7-12(13)14(16)19/h6-8,10,17H,4-5,9,15H2,1-3H3,(H2,16,19). The van der Waals surface area contributed by atoms with E-state index in [1.165, 1.54) is 0 Å². The van der Waals surface area contributed by atoms with Crippen LogP contribution in [0.5, 0.6) is 0 Å². The molecular weight excluding hydrogens is 240 g/mol. The molecule has 0 aliphatic rings. The zero-order valence-corrected chi connectivity index (χ0v) is 11.9. The van der Waals surface area contributed by atoms with Crippen LogP contribution in [0.25, 0.3) is 0 Å². The van der Waals surface area contributed by atoms with Crippen molar-refractivity contribution in [2.24, 2.45) is 5.73 Å². The summed E-state index contributed by atoms with van der Waals surface area (Å²) >= 11 is 0. The normalized spacial score (nSPS) is 12.4. The molecule has 0 aliphatic heterocycles. The molecule has 5 nitrogen and oxygen atoms in total. The molecule has 0 heterocycles. The molecule has 5 heteroatoms. The number of hydrogen-bond donors (Lipinski definition) is 3. The molecule has 0 aliphatic carbocycles. The number of hydrogen-bond acceptors (Lipinski definition) is 4. The van der Waals surface area contributed by atoms with Gasteiger partial charge in [0.1, 0.15) is 0 Å². The van der Waals surface area contributed by atoms with Crippen LogP contribution in [-0.2, 0) is 0 Å². The monoisotopic (exact) mass is 264 g/mol. The molecule has 0 bridgehead atoms. The van der Waals surface area contributed by atoms with E-state index in [9.17, 15) is 4.79 Å². The summed E-state index contributed by atoms with van der Waals surface area (Å²) in [4.78, 5) is 13.7. The van der Waals surface area contributed by atoms with Crippen molar-refractivity contribution in [3.05, 3.63) is 23.8 Å². The Morgan fingerprint density at radius 3 is 2.53 bits per heavy atom. The Bertz CT molecular complexity index is 429. The molecule has 0 fully saturated rings. The third-order valence-electron chi connectivity index (χ3n) is 3.14. The van der Waals surface area contributed by atoms with Crippen LogP contribution in [-0.4, -0.2) is 36.5 Å². The molecule has 19 heavy (non-hydrogen) atoms. The molecule has 1 unspecified atom stereocenters. The molecule has 106 valence electrons. The van der Waals surface area contributed by atoms with Crippen LogP contribution in [0.1, 0.15) is 31.1 Å². The van der Waals surface area contributed by atoms with Crippen LogP contribution >= 0.6 is 0 Å². The van der Waals surface area contributed by atoms with Gasteiger partial charge < -0.3 is 21.7 Å². The maximum absolute atomic E-state index is 11.4. The lowest BCUT2D eigenvalue weighted by Gasteiger charge is -2.24. The summed E-state index contributed by atoms with van der Waals surface area (Å²) in [6.45, 7) is 9.24. The number of nitrogens with one attached hydrogen (secondary N) is 1. The van der Waals surface area contributed by atoms with Crippen LogP contribution in [0.15, 0.2) is 18.2 Å². The van der Waals surface area contributed by atoms with Crippen molar-refractivity contribution in [3.63, 3.8) is 0 Å². The number of carbonyl (C=O) groups is 1. The zero-order valence-electron chi connectivity index (χ0n) is 11.9. The number of nitrogens with zero attached hydrogens (tertiary/aromatic N) is 1. The minimum absolute atomic E-state index is 0.208. The van der Waals surface area contributed by atoms with E-state index in [4.69, 9.17) is 11.5 Å². The van der Waals surface area contributed by atoms with Crippen LogP contribution in [0.2, 0.25) is 0 Å². The SMILES string of the molecule is CCN(CC)CC(C)Nc1cc(N)ccc1C(N)=O. The van der Waals surface area contributed by atoms with Gasteiger partial charge in [-0.05, 0) is 38.2 Å².